The van der Waals surface area contributed by atoms with Crippen molar-refractivity contribution in [1.82, 2.24) is 4.98 Å². The van der Waals surface area contributed by atoms with Gasteiger partial charge in [-0.25, -0.2) is 9.37 Å². The van der Waals surface area contributed by atoms with E-state index in [-0.39, 0.29) is 18.0 Å². The van der Waals surface area contributed by atoms with Crippen molar-refractivity contribution in [3.05, 3.63) is 66.4 Å². The summed E-state index contributed by atoms with van der Waals surface area (Å²) >= 11 is 0. The average molecular weight is 354 g/mol. The van der Waals surface area contributed by atoms with E-state index in [2.05, 4.69) is 10.3 Å². The van der Waals surface area contributed by atoms with Crippen LogP contribution in [0.15, 0.2) is 59.1 Å². The first-order chi connectivity index (χ1) is 12.7. The number of carbonyl (C=O) groups is 1. The van der Waals surface area contributed by atoms with Crippen LogP contribution in [0, 0.1) is 5.82 Å². The van der Waals surface area contributed by atoms with E-state index in [0.29, 0.717) is 24.7 Å². The molecule has 0 saturated carbocycles. The maximum atomic E-state index is 13.5. The van der Waals surface area contributed by atoms with Crippen LogP contribution in [0.1, 0.15) is 19.2 Å². The van der Waals surface area contributed by atoms with E-state index >= 15 is 0 Å². The molecule has 0 unspecified atom stereocenters. The lowest BCUT2D eigenvalue weighted by molar-refractivity contribution is -0.116. The van der Waals surface area contributed by atoms with Crippen molar-refractivity contribution in [2.75, 3.05) is 11.9 Å². The van der Waals surface area contributed by atoms with Gasteiger partial charge in [-0.2, -0.15) is 0 Å². The Kier molecular flexibility index (Phi) is 5.63. The van der Waals surface area contributed by atoms with Crippen LogP contribution >= 0.6 is 0 Å². The molecule has 0 aliphatic carbocycles. The number of rotatable bonds is 7. The normalized spacial score (nSPS) is 10.5. The van der Waals surface area contributed by atoms with Crippen molar-refractivity contribution in [3.8, 4) is 17.1 Å². The molecule has 0 fully saturated rings. The number of anilines is 1. The van der Waals surface area contributed by atoms with Crippen molar-refractivity contribution in [2.24, 2.45) is 0 Å². The SMILES string of the molecule is CCOc1ccc(-c2cnc(CCC(=O)Nc3ccccc3F)o2)cc1. The minimum atomic E-state index is -0.463. The second-order valence-electron chi connectivity index (χ2n) is 5.60. The molecule has 3 rings (SSSR count). The summed E-state index contributed by atoms with van der Waals surface area (Å²) in [5.74, 6) is 1.11. The standard InChI is InChI=1S/C20H19FN2O3/c1-2-25-15-9-7-14(8-10-15)18-13-22-20(26-18)12-11-19(24)23-17-6-4-3-5-16(17)21/h3-10,13H,2,11-12H2,1H3,(H,23,24). The van der Waals surface area contributed by atoms with Gasteiger partial charge in [-0.15, -0.1) is 0 Å². The first-order valence-electron chi connectivity index (χ1n) is 8.38. The third-order valence-corrected chi connectivity index (χ3v) is 3.72. The van der Waals surface area contributed by atoms with Crippen LogP contribution in [0.25, 0.3) is 11.3 Å². The monoisotopic (exact) mass is 354 g/mol. The summed E-state index contributed by atoms with van der Waals surface area (Å²) in [6.07, 6.45) is 2.11. The maximum Gasteiger partial charge on any atom is 0.224 e. The van der Waals surface area contributed by atoms with Crippen molar-refractivity contribution in [2.45, 2.75) is 19.8 Å². The van der Waals surface area contributed by atoms with Gasteiger partial charge < -0.3 is 14.5 Å². The molecule has 1 amide bonds. The summed E-state index contributed by atoms with van der Waals surface area (Å²) in [7, 11) is 0. The Hall–Kier alpha value is -3.15. The van der Waals surface area contributed by atoms with Crippen LogP contribution in [0.2, 0.25) is 0 Å². The molecule has 3 aromatic rings. The largest absolute Gasteiger partial charge is 0.494 e. The number of ether oxygens (including phenoxy) is 1. The average Bonchev–Trinajstić information content (AvgIpc) is 3.12. The lowest BCUT2D eigenvalue weighted by Gasteiger charge is -2.05. The molecule has 26 heavy (non-hydrogen) atoms. The Morgan fingerprint density at radius 2 is 1.96 bits per heavy atom. The first kappa shape index (κ1) is 17.7. The molecule has 1 aromatic heterocycles. The van der Waals surface area contributed by atoms with Gasteiger partial charge in [0.15, 0.2) is 11.7 Å². The number of carbonyl (C=O) groups excluding carboxylic acids is 1. The summed E-state index contributed by atoms with van der Waals surface area (Å²) in [4.78, 5) is 16.1. The maximum absolute atomic E-state index is 13.5. The fourth-order valence-electron chi connectivity index (χ4n) is 2.44. The predicted octanol–water partition coefficient (Wildman–Crippen LogP) is 4.45. The molecule has 0 aliphatic heterocycles. The van der Waals surface area contributed by atoms with E-state index in [1.807, 2.05) is 31.2 Å². The number of para-hydroxylation sites is 1. The highest BCUT2D eigenvalue weighted by Crippen LogP contribution is 2.23. The number of oxazole rings is 1. The van der Waals surface area contributed by atoms with Gasteiger partial charge in [-0.1, -0.05) is 12.1 Å². The van der Waals surface area contributed by atoms with Crippen molar-refractivity contribution >= 4 is 11.6 Å². The topological polar surface area (TPSA) is 64.4 Å². The third kappa shape index (κ3) is 4.47. The Morgan fingerprint density at radius 3 is 2.69 bits per heavy atom. The summed E-state index contributed by atoms with van der Waals surface area (Å²) in [6, 6.07) is 13.6. The van der Waals surface area contributed by atoms with Gasteiger partial charge >= 0.3 is 0 Å². The molecule has 0 saturated heterocycles. The molecule has 1 heterocycles. The predicted molar refractivity (Wildman–Crippen MR) is 96.5 cm³/mol. The molecule has 0 spiro atoms. The molecular formula is C20H19FN2O3. The van der Waals surface area contributed by atoms with E-state index in [4.69, 9.17) is 9.15 Å². The van der Waals surface area contributed by atoms with E-state index in [0.717, 1.165) is 11.3 Å². The molecular weight excluding hydrogens is 335 g/mol. The summed E-state index contributed by atoms with van der Waals surface area (Å²) in [6.45, 7) is 2.54. The molecule has 134 valence electrons. The molecule has 0 atom stereocenters. The number of nitrogens with zero attached hydrogens (tertiary/aromatic N) is 1. The minimum Gasteiger partial charge on any atom is -0.494 e. The zero-order chi connectivity index (χ0) is 18.4. The second kappa shape index (κ2) is 8.29. The van der Waals surface area contributed by atoms with E-state index in [1.165, 1.54) is 12.1 Å². The van der Waals surface area contributed by atoms with E-state index in [9.17, 15) is 9.18 Å². The fourth-order valence-corrected chi connectivity index (χ4v) is 2.44. The zero-order valence-electron chi connectivity index (χ0n) is 14.4. The second-order valence-corrected chi connectivity index (χ2v) is 5.60. The lowest BCUT2D eigenvalue weighted by Crippen LogP contribution is -2.13. The highest BCUT2D eigenvalue weighted by atomic mass is 19.1. The number of aromatic nitrogens is 1. The van der Waals surface area contributed by atoms with Gasteiger partial charge in [0.05, 0.1) is 18.5 Å². The van der Waals surface area contributed by atoms with Crippen LogP contribution in [0.3, 0.4) is 0 Å². The van der Waals surface area contributed by atoms with Crippen LogP contribution in [-0.2, 0) is 11.2 Å². The van der Waals surface area contributed by atoms with Gasteiger partial charge in [0.25, 0.3) is 0 Å². The van der Waals surface area contributed by atoms with Crippen molar-refractivity contribution < 1.29 is 18.3 Å². The zero-order valence-corrected chi connectivity index (χ0v) is 14.4. The number of amides is 1. The highest BCUT2D eigenvalue weighted by Gasteiger charge is 2.11. The molecule has 0 bridgehead atoms. The van der Waals surface area contributed by atoms with Crippen LogP contribution in [0.4, 0.5) is 10.1 Å². The third-order valence-electron chi connectivity index (χ3n) is 3.72. The lowest BCUT2D eigenvalue weighted by atomic mass is 10.2. The van der Waals surface area contributed by atoms with Crippen LogP contribution < -0.4 is 10.1 Å². The summed E-state index contributed by atoms with van der Waals surface area (Å²) in [5.41, 5.74) is 1.04. The molecule has 1 N–H and O–H groups in total. The smallest absolute Gasteiger partial charge is 0.224 e. The van der Waals surface area contributed by atoms with Crippen molar-refractivity contribution in [1.29, 1.82) is 0 Å². The fraction of sp³-hybridized carbons (Fsp3) is 0.200. The number of benzene rings is 2. The number of aryl methyl sites for hydroxylation is 1. The molecule has 2 aromatic carbocycles. The molecule has 5 nitrogen and oxygen atoms in total. The minimum absolute atomic E-state index is 0.150. The first-order valence-corrected chi connectivity index (χ1v) is 8.38. The Morgan fingerprint density at radius 1 is 1.19 bits per heavy atom. The molecule has 0 radical (unpaired) electrons. The molecule has 6 heteroatoms. The van der Waals surface area contributed by atoms with Gasteiger partial charge in [0, 0.05) is 18.4 Å². The van der Waals surface area contributed by atoms with Gasteiger partial charge in [-0.05, 0) is 43.3 Å². The summed E-state index contributed by atoms with van der Waals surface area (Å²) < 4.78 is 24.6. The van der Waals surface area contributed by atoms with Gasteiger partial charge in [0.2, 0.25) is 5.91 Å². The van der Waals surface area contributed by atoms with Gasteiger partial charge in [-0.3, -0.25) is 4.79 Å². The number of halogens is 1. The Labute approximate surface area is 150 Å². The molecule has 0 aliphatic rings. The van der Waals surface area contributed by atoms with E-state index in [1.54, 1.807) is 18.3 Å². The van der Waals surface area contributed by atoms with Crippen LogP contribution in [-0.4, -0.2) is 17.5 Å². The quantitative estimate of drug-likeness (QED) is 0.681. The number of hydrogen-bond acceptors (Lipinski definition) is 4. The van der Waals surface area contributed by atoms with Crippen molar-refractivity contribution in [3.63, 3.8) is 0 Å². The van der Waals surface area contributed by atoms with Crippen LogP contribution in [0.5, 0.6) is 5.75 Å². The Balaban J connectivity index is 1.56. The van der Waals surface area contributed by atoms with E-state index < -0.39 is 5.82 Å². The Bertz CT molecular complexity index is 875. The number of hydrogen-bond donors (Lipinski definition) is 1. The summed E-state index contributed by atoms with van der Waals surface area (Å²) in [5, 5.41) is 2.54. The number of nitrogens with one attached hydrogen (secondary N) is 1. The van der Waals surface area contributed by atoms with Gasteiger partial charge in [0.1, 0.15) is 11.6 Å². The highest BCUT2D eigenvalue weighted by molar-refractivity contribution is 5.90.